The molecule has 3 atom stereocenters. The number of phosphoric ester groups is 1. The van der Waals surface area contributed by atoms with Crippen LogP contribution in [0.4, 0.5) is 0 Å². The van der Waals surface area contributed by atoms with Crippen molar-refractivity contribution in [2.75, 3.05) is 19.8 Å². The van der Waals surface area contributed by atoms with Gasteiger partial charge in [-0.1, -0.05) is 164 Å². The molecule has 0 aromatic rings. The molecule has 11 nitrogen and oxygen atoms in total. The highest BCUT2D eigenvalue weighted by Crippen LogP contribution is 2.43. The Balaban J connectivity index is 4.32. The van der Waals surface area contributed by atoms with E-state index in [0.29, 0.717) is 12.8 Å². The van der Waals surface area contributed by atoms with Crippen molar-refractivity contribution < 1.29 is 47.5 Å². The number of unbranched alkanes of at least 4 members (excludes halogenated alkanes) is 19. The molecule has 0 bridgehead atoms. The average molecular weight is 866 g/mol. The van der Waals surface area contributed by atoms with E-state index in [1.54, 1.807) is 0 Å². The van der Waals surface area contributed by atoms with Gasteiger partial charge in [0.25, 0.3) is 0 Å². The highest BCUT2D eigenvalue weighted by atomic mass is 31.2. The van der Waals surface area contributed by atoms with Gasteiger partial charge < -0.3 is 25.2 Å². The zero-order valence-electron chi connectivity index (χ0n) is 37.5. The van der Waals surface area contributed by atoms with Crippen molar-refractivity contribution in [1.82, 2.24) is 0 Å². The van der Waals surface area contributed by atoms with Crippen LogP contribution in [0.3, 0.4) is 0 Å². The van der Waals surface area contributed by atoms with Crippen molar-refractivity contribution in [3.8, 4) is 0 Å². The first-order valence-electron chi connectivity index (χ1n) is 23.3. The van der Waals surface area contributed by atoms with E-state index in [9.17, 15) is 23.8 Å². The Morgan fingerprint density at radius 1 is 0.533 bits per heavy atom. The van der Waals surface area contributed by atoms with Gasteiger partial charge in [-0.05, 0) is 77.0 Å². The number of hydrogen-bond acceptors (Lipinski definition) is 9. The second kappa shape index (κ2) is 42.9. The van der Waals surface area contributed by atoms with E-state index in [-0.39, 0.29) is 19.4 Å². The van der Waals surface area contributed by atoms with E-state index in [1.165, 1.54) is 96.3 Å². The quantitative estimate of drug-likeness (QED) is 0.0230. The molecule has 0 heterocycles. The number of hydrogen-bond donors (Lipinski definition) is 3. The Labute approximate surface area is 364 Å². The number of nitrogens with two attached hydrogens (primary N) is 1. The van der Waals surface area contributed by atoms with Crippen LogP contribution in [0, 0.1) is 0 Å². The first kappa shape index (κ1) is 57.2. The molecule has 0 aliphatic heterocycles. The molecule has 0 fully saturated rings. The summed E-state index contributed by atoms with van der Waals surface area (Å²) in [6.45, 7) is 2.65. The molecule has 0 aromatic carbocycles. The topological polar surface area (TPSA) is 172 Å². The SMILES string of the molecule is CC/C=C\C/C=C\C/C=C\C/C=C\CCCCC(=O)O[C@H](COC(=O)CCCCCCCCCCCCC/C=C\CCCCCCCC)COP(=O)(O)OC[C@H](N)C(=O)O. The summed E-state index contributed by atoms with van der Waals surface area (Å²) in [6, 6.07) is -1.53. The molecule has 346 valence electrons. The van der Waals surface area contributed by atoms with Crippen LogP contribution in [0.5, 0.6) is 0 Å². The van der Waals surface area contributed by atoms with E-state index in [2.05, 4.69) is 79.1 Å². The van der Waals surface area contributed by atoms with Crippen LogP contribution in [0.15, 0.2) is 60.8 Å². The van der Waals surface area contributed by atoms with Crippen molar-refractivity contribution >= 4 is 25.7 Å². The molecule has 1 unspecified atom stereocenters. The fourth-order valence-corrected chi connectivity index (χ4v) is 6.89. The van der Waals surface area contributed by atoms with Gasteiger partial charge in [0.15, 0.2) is 6.10 Å². The molecule has 0 aliphatic carbocycles. The number of carboxylic acid groups (broad SMARTS) is 1. The third-order valence-corrected chi connectivity index (χ3v) is 10.7. The Morgan fingerprint density at radius 2 is 0.933 bits per heavy atom. The molecule has 0 aromatic heterocycles. The Morgan fingerprint density at radius 3 is 1.45 bits per heavy atom. The lowest BCUT2D eigenvalue weighted by Gasteiger charge is -2.20. The minimum Gasteiger partial charge on any atom is -0.480 e. The Hall–Kier alpha value is -2.82. The van der Waals surface area contributed by atoms with Crippen molar-refractivity contribution in [3.63, 3.8) is 0 Å². The van der Waals surface area contributed by atoms with Crippen LogP contribution in [-0.4, -0.2) is 59.9 Å². The fraction of sp³-hybridized carbons (Fsp3) is 0.729. The van der Waals surface area contributed by atoms with Gasteiger partial charge in [0, 0.05) is 12.8 Å². The summed E-state index contributed by atoms with van der Waals surface area (Å²) in [5, 5.41) is 8.90. The summed E-state index contributed by atoms with van der Waals surface area (Å²) >= 11 is 0. The summed E-state index contributed by atoms with van der Waals surface area (Å²) in [5.74, 6) is -2.43. The van der Waals surface area contributed by atoms with E-state index >= 15 is 0 Å². The van der Waals surface area contributed by atoms with Gasteiger partial charge in [0.05, 0.1) is 13.2 Å². The van der Waals surface area contributed by atoms with Crippen molar-refractivity contribution in [2.24, 2.45) is 5.73 Å². The lowest BCUT2D eigenvalue weighted by molar-refractivity contribution is -0.161. The van der Waals surface area contributed by atoms with Crippen LogP contribution >= 0.6 is 7.82 Å². The minimum atomic E-state index is -4.73. The minimum absolute atomic E-state index is 0.107. The summed E-state index contributed by atoms with van der Waals surface area (Å²) < 4.78 is 32.7. The van der Waals surface area contributed by atoms with Crippen LogP contribution in [0.25, 0.3) is 0 Å². The smallest absolute Gasteiger partial charge is 0.472 e. The zero-order valence-corrected chi connectivity index (χ0v) is 38.4. The zero-order chi connectivity index (χ0) is 44.2. The second-order valence-corrected chi connectivity index (χ2v) is 17.0. The summed E-state index contributed by atoms with van der Waals surface area (Å²) in [6.07, 6.45) is 50.1. The third-order valence-electron chi connectivity index (χ3n) is 9.75. The summed E-state index contributed by atoms with van der Waals surface area (Å²) in [4.78, 5) is 46.0. The lowest BCUT2D eigenvalue weighted by atomic mass is 10.0. The van der Waals surface area contributed by atoms with Gasteiger partial charge in [-0.25, -0.2) is 4.57 Å². The maximum absolute atomic E-state index is 12.6. The number of carbonyl (C=O) groups is 3. The molecule has 12 heteroatoms. The number of esters is 2. The maximum atomic E-state index is 12.6. The highest BCUT2D eigenvalue weighted by molar-refractivity contribution is 7.47. The molecule has 0 spiro atoms. The summed E-state index contributed by atoms with van der Waals surface area (Å²) in [5.41, 5.74) is 5.34. The molecular formula is C48H84NO10P. The molecule has 60 heavy (non-hydrogen) atoms. The van der Waals surface area contributed by atoms with Gasteiger partial charge in [-0.3, -0.25) is 23.4 Å². The van der Waals surface area contributed by atoms with Gasteiger partial charge in [0.2, 0.25) is 0 Å². The predicted molar refractivity (Wildman–Crippen MR) is 245 cm³/mol. The van der Waals surface area contributed by atoms with Crippen LogP contribution in [0.2, 0.25) is 0 Å². The molecule has 0 radical (unpaired) electrons. The third kappa shape index (κ3) is 41.9. The number of allylic oxidation sites excluding steroid dienone is 10. The molecule has 0 saturated heterocycles. The monoisotopic (exact) mass is 866 g/mol. The number of aliphatic carboxylic acids is 1. The van der Waals surface area contributed by atoms with E-state index in [4.69, 9.17) is 24.8 Å². The van der Waals surface area contributed by atoms with Crippen LogP contribution in [0.1, 0.15) is 194 Å². The standard InChI is InChI=1S/C48H84NO10P/c1-3-5-7-9-11-13-15-17-19-20-21-22-23-24-26-27-29-31-33-35-37-39-46(50)56-41-44(42-57-60(54,55)58-43-45(49)48(52)53)59-47(51)40-38-36-34-32-30-28-25-18-16-14-12-10-8-6-4-2/h6,8,12,14,17-19,25,30,32,44-45H,3-5,7,9-11,13,15-16,20-24,26-29,31,33-43,49H2,1-2H3,(H,52,53)(H,54,55)/b8-6-,14-12-,19-17-,25-18-,32-30-/t44-,45+/m1/s1. The molecule has 0 aliphatic rings. The van der Waals surface area contributed by atoms with Gasteiger partial charge in [0.1, 0.15) is 12.6 Å². The first-order valence-corrected chi connectivity index (χ1v) is 24.8. The Kier molecular flexibility index (Phi) is 40.8. The second-order valence-electron chi connectivity index (χ2n) is 15.5. The van der Waals surface area contributed by atoms with E-state index < -0.39 is 51.1 Å². The van der Waals surface area contributed by atoms with Crippen molar-refractivity contribution in [2.45, 2.75) is 206 Å². The fourth-order valence-electron chi connectivity index (χ4n) is 6.11. The molecule has 4 N–H and O–H groups in total. The predicted octanol–water partition coefficient (Wildman–Crippen LogP) is 12.7. The van der Waals surface area contributed by atoms with Gasteiger partial charge in [-0.2, -0.15) is 0 Å². The number of carbonyl (C=O) groups excluding carboxylic acids is 2. The number of rotatable bonds is 43. The van der Waals surface area contributed by atoms with Crippen LogP contribution < -0.4 is 5.73 Å². The van der Waals surface area contributed by atoms with E-state index in [0.717, 1.165) is 57.8 Å². The lowest BCUT2D eigenvalue weighted by Crippen LogP contribution is -2.34. The number of phosphoric acid groups is 1. The van der Waals surface area contributed by atoms with Crippen LogP contribution in [-0.2, 0) is 37.5 Å². The normalized spacial score (nSPS) is 14.2. The summed E-state index contributed by atoms with van der Waals surface area (Å²) in [7, 11) is -4.73. The number of carboxylic acids is 1. The molecule has 0 saturated carbocycles. The Bertz CT molecular complexity index is 1250. The molecular weight excluding hydrogens is 781 g/mol. The molecule has 0 amide bonds. The van der Waals surface area contributed by atoms with Gasteiger partial charge in [-0.15, -0.1) is 0 Å². The average Bonchev–Trinajstić information content (AvgIpc) is 3.22. The van der Waals surface area contributed by atoms with Crippen molar-refractivity contribution in [3.05, 3.63) is 60.8 Å². The maximum Gasteiger partial charge on any atom is 0.472 e. The molecule has 0 rings (SSSR count). The number of ether oxygens (including phenoxy) is 2. The largest absolute Gasteiger partial charge is 0.480 e. The van der Waals surface area contributed by atoms with E-state index in [1.807, 2.05) is 0 Å². The van der Waals surface area contributed by atoms with Gasteiger partial charge >= 0.3 is 25.7 Å². The first-order chi connectivity index (χ1) is 29.1. The van der Waals surface area contributed by atoms with Crippen molar-refractivity contribution in [1.29, 1.82) is 0 Å². The highest BCUT2D eigenvalue weighted by Gasteiger charge is 2.28.